The van der Waals surface area contributed by atoms with E-state index in [9.17, 15) is 9.59 Å². The molecule has 0 atom stereocenters. The first-order valence-electron chi connectivity index (χ1n) is 6.89. The van der Waals surface area contributed by atoms with Crippen molar-refractivity contribution in [1.29, 1.82) is 0 Å². The van der Waals surface area contributed by atoms with Crippen LogP contribution in [0.3, 0.4) is 0 Å². The van der Waals surface area contributed by atoms with Crippen molar-refractivity contribution in [2.24, 2.45) is 0 Å². The number of methoxy groups -OCH3 is 1. The number of thioether (sulfide) groups is 1. The van der Waals surface area contributed by atoms with E-state index >= 15 is 0 Å². The highest BCUT2D eigenvalue weighted by atomic mass is 32.2. The van der Waals surface area contributed by atoms with Gasteiger partial charge in [0.2, 0.25) is 5.91 Å². The molecule has 1 rings (SSSR count). The molecule has 0 saturated carbocycles. The van der Waals surface area contributed by atoms with Crippen LogP contribution in [-0.4, -0.2) is 56.2 Å². The largest absolute Gasteiger partial charge is 0.375 e. The molecule has 22 heavy (non-hydrogen) atoms. The highest BCUT2D eigenvalue weighted by molar-refractivity contribution is 7.98. The zero-order chi connectivity index (χ0) is 16.5. The maximum atomic E-state index is 12.1. The molecule has 0 aliphatic carbocycles. The number of nitrogens with one attached hydrogen (secondary N) is 2. The quantitative estimate of drug-likeness (QED) is 0.807. The Labute approximate surface area is 135 Å². The summed E-state index contributed by atoms with van der Waals surface area (Å²) in [7, 11) is 3.22. The van der Waals surface area contributed by atoms with Gasteiger partial charge in [-0.05, 0) is 30.9 Å². The summed E-state index contributed by atoms with van der Waals surface area (Å²) in [5.41, 5.74) is 2.14. The summed E-state index contributed by atoms with van der Waals surface area (Å²) < 4.78 is 4.79. The SMILES string of the molecule is COCC(=O)Nc1cccc(NC(=O)N(C)CCSC)c1C. The Kier molecular flexibility index (Phi) is 7.76. The van der Waals surface area contributed by atoms with Gasteiger partial charge in [0.05, 0.1) is 0 Å². The lowest BCUT2D eigenvalue weighted by Crippen LogP contribution is -2.33. The number of hydrogen-bond acceptors (Lipinski definition) is 4. The van der Waals surface area contributed by atoms with E-state index in [1.807, 2.05) is 19.2 Å². The Hall–Kier alpha value is -1.73. The monoisotopic (exact) mass is 325 g/mol. The molecule has 1 aromatic carbocycles. The molecule has 3 amide bonds. The van der Waals surface area contributed by atoms with Gasteiger partial charge < -0.3 is 20.3 Å². The zero-order valence-electron chi connectivity index (χ0n) is 13.4. The van der Waals surface area contributed by atoms with Crippen LogP contribution >= 0.6 is 11.8 Å². The molecule has 0 heterocycles. The fraction of sp³-hybridized carbons (Fsp3) is 0.467. The third-order valence-electron chi connectivity index (χ3n) is 3.10. The number of benzene rings is 1. The van der Waals surface area contributed by atoms with E-state index in [-0.39, 0.29) is 18.5 Å². The van der Waals surface area contributed by atoms with Crippen molar-refractivity contribution in [3.05, 3.63) is 23.8 Å². The van der Waals surface area contributed by atoms with Gasteiger partial charge in [-0.25, -0.2) is 4.79 Å². The standard InChI is InChI=1S/C15H23N3O3S/c1-11-12(16-14(19)10-21-3)6-5-7-13(11)17-15(20)18(2)8-9-22-4/h5-7H,8-10H2,1-4H3,(H,16,19)(H,17,20). The van der Waals surface area contributed by atoms with Crippen LogP contribution in [0.4, 0.5) is 16.2 Å². The molecule has 0 aliphatic heterocycles. The predicted molar refractivity (Wildman–Crippen MR) is 91.7 cm³/mol. The van der Waals surface area contributed by atoms with Crippen molar-refractivity contribution in [3.8, 4) is 0 Å². The third-order valence-corrected chi connectivity index (χ3v) is 3.69. The summed E-state index contributed by atoms with van der Waals surface area (Å²) in [6, 6.07) is 5.21. The number of carbonyl (C=O) groups is 2. The van der Waals surface area contributed by atoms with Crippen LogP contribution in [0.15, 0.2) is 18.2 Å². The molecule has 7 heteroatoms. The number of nitrogens with zero attached hydrogens (tertiary/aromatic N) is 1. The van der Waals surface area contributed by atoms with Crippen LogP contribution in [0.1, 0.15) is 5.56 Å². The smallest absolute Gasteiger partial charge is 0.321 e. The zero-order valence-corrected chi connectivity index (χ0v) is 14.3. The average Bonchev–Trinajstić information content (AvgIpc) is 2.49. The third kappa shape index (κ3) is 5.57. The molecular weight excluding hydrogens is 302 g/mol. The second-order valence-corrected chi connectivity index (χ2v) is 5.79. The summed E-state index contributed by atoms with van der Waals surface area (Å²) >= 11 is 1.69. The topological polar surface area (TPSA) is 70.7 Å². The normalized spacial score (nSPS) is 10.2. The minimum Gasteiger partial charge on any atom is -0.375 e. The minimum atomic E-state index is -0.230. The first-order chi connectivity index (χ1) is 10.5. The maximum Gasteiger partial charge on any atom is 0.321 e. The van der Waals surface area contributed by atoms with Gasteiger partial charge in [0.1, 0.15) is 6.61 Å². The lowest BCUT2D eigenvalue weighted by Gasteiger charge is -2.19. The number of anilines is 2. The summed E-state index contributed by atoms with van der Waals surface area (Å²) in [6.45, 7) is 2.52. The van der Waals surface area contributed by atoms with E-state index in [1.54, 1.807) is 35.8 Å². The molecule has 122 valence electrons. The predicted octanol–water partition coefficient (Wildman–Crippen LogP) is 2.41. The molecule has 0 spiro atoms. The van der Waals surface area contributed by atoms with Gasteiger partial charge in [-0.1, -0.05) is 6.07 Å². The molecule has 0 unspecified atom stereocenters. The lowest BCUT2D eigenvalue weighted by molar-refractivity contribution is -0.119. The van der Waals surface area contributed by atoms with Crippen molar-refractivity contribution in [2.45, 2.75) is 6.92 Å². The van der Waals surface area contributed by atoms with E-state index in [0.29, 0.717) is 17.9 Å². The molecule has 1 aromatic rings. The van der Waals surface area contributed by atoms with E-state index in [0.717, 1.165) is 11.3 Å². The van der Waals surface area contributed by atoms with Gasteiger partial charge in [0.25, 0.3) is 0 Å². The molecule has 0 saturated heterocycles. The maximum absolute atomic E-state index is 12.1. The number of ether oxygens (including phenoxy) is 1. The Morgan fingerprint density at radius 1 is 1.27 bits per heavy atom. The Morgan fingerprint density at radius 2 is 1.91 bits per heavy atom. The molecule has 0 radical (unpaired) electrons. The van der Waals surface area contributed by atoms with Crippen molar-refractivity contribution in [2.75, 3.05) is 50.0 Å². The van der Waals surface area contributed by atoms with E-state index in [4.69, 9.17) is 4.74 Å². The van der Waals surface area contributed by atoms with E-state index in [2.05, 4.69) is 10.6 Å². The van der Waals surface area contributed by atoms with Crippen LogP contribution < -0.4 is 10.6 Å². The summed E-state index contributed by atoms with van der Waals surface area (Å²) in [6.07, 6.45) is 2.00. The first kappa shape index (κ1) is 18.3. The van der Waals surface area contributed by atoms with Gasteiger partial charge in [0, 0.05) is 37.8 Å². The van der Waals surface area contributed by atoms with Crippen LogP contribution in [-0.2, 0) is 9.53 Å². The molecule has 0 fully saturated rings. The van der Waals surface area contributed by atoms with Crippen LogP contribution in [0.2, 0.25) is 0 Å². The molecule has 2 N–H and O–H groups in total. The van der Waals surface area contributed by atoms with E-state index < -0.39 is 0 Å². The van der Waals surface area contributed by atoms with Crippen molar-refractivity contribution in [1.82, 2.24) is 4.90 Å². The van der Waals surface area contributed by atoms with E-state index in [1.165, 1.54) is 7.11 Å². The van der Waals surface area contributed by atoms with Gasteiger partial charge in [-0.2, -0.15) is 11.8 Å². The van der Waals surface area contributed by atoms with Crippen molar-refractivity contribution in [3.63, 3.8) is 0 Å². The summed E-state index contributed by atoms with van der Waals surface area (Å²) in [5, 5.41) is 5.62. The summed E-state index contributed by atoms with van der Waals surface area (Å²) in [4.78, 5) is 25.3. The highest BCUT2D eigenvalue weighted by Crippen LogP contribution is 2.23. The van der Waals surface area contributed by atoms with Gasteiger partial charge in [0.15, 0.2) is 0 Å². The van der Waals surface area contributed by atoms with Crippen molar-refractivity contribution < 1.29 is 14.3 Å². The molecule has 6 nitrogen and oxygen atoms in total. The summed E-state index contributed by atoms with van der Waals surface area (Å²) in [5.74, 6) is 0.655. The van der Waals surface area contributed by atoms with Gasteiger partial charge in [-0.3, -0.25) is 4.79 Å². The molecule has 0 aliphatic rings. The number of carbonyl (C=O) groups excluding carboxylic acids is 2. The number of amides is 3. The highest BCUT2D eigenvalue weighted by Gasteiger charge is 2.12. The number of rotatable bonds is 7. The number of urea groups is 1. The van der Waals surface area contributed by atoms with Gasteiger partial charge in [-0.15, -0.1) is 0 Å². The Balaban J connectivity index is 2.75. The van der Waals surface area contributed by atoms with Crippen LogP contribution in [0.5, 0.6) is 0 Å². The molecular formula is C15H23N3O3S. The molecule has 0 aromatic heterocycles. The van der Waals surface area contributed by atoms with Crippen LogP contribution in [0.25, 0.3) is 0 Å². The second-order valence-electron chi connectivity index (χ2n) is 4.80. The average molecular weight is 325 g/mol. The first-order valence-corrected chi connectivity index (χ1v) is 8.28. The second kappa shape index (κ2) is 9.32. The van der Waals surface area contributed by atoms with Crippen molar-refractivity contribution >= 4 is 35.1 Å². The number of hydrogen-bond donors (Lipinski definition) is 2. The lowest BCUT2D eigenvalue weighted by atomic mass is 10.1. The van der Waals surface area contributed by atoms with Gasteiger partial charge >= 0.3 is 6.03 Å². The minimum absolute atomic E-state index is 0.00650. The Bertz CT molecular complexity index is 523. The fourth-order valence-electron chi connectivity index (χ4n) is 1.76. The fourth-order valence-corrected chi connectivity index (χ4v) is 2.22. The van der Waals surface area contributed by atoms with Crippen LogP contribution in [0, 0.1) is 6.92 Å². The Morgan fingerprint density at radius 3 is 2.50 bits per heavy atom. The molecule has 0 bridgehead atoms.